The van der Waals surface area contributed by atoms with Crippen molar-refractivity contribution in [3.8, 4) is 0 Å². The zero-order chi connectivity index (χ0) is 20.6. The van der Waals surface area contributed by atoms with Gasteiger partial charge in [-0.25, -0.2) is 0 Å². The van der Waals surface area contributed by atoms with Gasteiger partial charge in [-0.15, -0.1) is 22.9 Å². The molecule has 7 heteroatoms. The monoisotopic (exact) mass is 434 g/mol. The molecule has 3 rings (SSSR count). The first-order chi connectivity index (χ1) is 14.0. The molecule has 0 saturated carbocycles. The lowest BCUT2D eigenvalue weighted by Gasteiger charge is -2.28. The number of hydrogen-bond donors (Lipinski definition) is 0. The van der Waals surface area contributed by atoms with Crippen molar-refractivity contribution in [2.75, 3.05) is 25.6 Å². The molecule has 1 fully saturated rings. The number of alkyl halides is 1. The topological polar surface area (TPSA) is 49.9 Å². The van der Waals surface area contributed by atoms with Gasteiger partial charge in [-0.2, -0.15) is 0 Å². The van der Waals surface area contributed by atoms with Gasteiger partial charge < -0.3 is 14.5 Å². The standard InChI is InChI=1S/C22H27ClN2O3S/c1-17-9-10-20(29-17)15-24(13-18-6-3-2-4-7-18)22(27)16-25(21(26)12-23)14-19-8-5-11-28-19/h2-4,6-7,9-10,19H,5,8,11-16H2,1H3. The van der Waals surface area contributed by atoms with Crippen LogP contribution in [0.4, 0.5) is 0 Å². The van der Waals surface area contributed by atoms with Crippen molar-refractivity contribution in [1.29, 1.82) is 0 Å². The third-order valence-electron chi connectivity index (χ3n) is 4.95. The Morgan fingerprint density at radius 2 is 1.90 bits per heavy atom. The van der Waals surface area contributed by atoms with Crippen LogP contribution in [-0.4, -0.2) is 53.3 Å². The SMILES string of the molecule is Cc1ccc(CN(Cc2ccccc2)C(=O)CN(CC2CCCO2)C(=O)CCl)s1. The lowest BCUT2D eigenvalue weighted by atomic mass is 10.2. The lowest BCUT2D eigenvalue weighted by molar-refractivity contribution is -0.141. The van der Waals surface area contributed by atoms with E-state index in [1.165, 1.54) is 4.88 Å². The van der Waals surface area contributed by atoms with Crippen molar-refractivity contribution < 1.29 is 14.3 Å². The summed E-state index contributed by atoms with van der Waals surface area (Å²) in [5, 5.41) is 0. The molecule has 5 nitrogen and oxygen atoms in total. The quantitative estimate of drug-likeness (QED) is 0.563. The molecule has 1 unspecified atom stereocenters. The van der Waals surface area contributed by atoms with Crippen molar-refractivity contribution in [2.24, 2.45) is 0 Å². The highest BCUT2D eigenvalue weighted by molar-refractivity contribution is 7.11. The summed E-state index contributed by atoms with van der Waals surface area (Å²) in [6.45, 7) is 4.21. The minimum Gasteiger partial charge on any atom is -0.376 e. The van der Waals surface area contributed by atoms with E-state index in [0.717, 1.165) is 23.3 Å². The second kappa shape index (κ2) is 10.8. The van der Waals surface area contributed by atoms with Crippen LogP contribution in [0, 0.1) is 6.92 Å². The van der Waals surface area contributed by atoms with E-state index >= 15 is 0 Å². The Balaban J connectivity index is 1.72. The molecule has 0 N–H and O–H groups in total. The number of ether oxygens (including phenoxy) is 1. The van der Waals surface area contributed by atoms with Crippen LogP contribution in [0.5, 0.6) is 0 Å². The third kappa shape index (κ3) is 6.56. The molecule has 1 aromatic carbocycles. The van der Waals surface area contributed by atoms with Crippen LogP contribution in [0.2, 0.25) is 0 Å². The summed E-state index contributed by atoms with van der Waals surface area (Å²) in [6, 6.07) is 14.0. The predicted octanol–water partition coefficient (Wildman–Crippen LogP) is 3.83. The number of thiophene rings is 1. The third-order valence-corrected chi connectivity index (χ3v) is 6.17. The first-order valence-electron chi connectivity index (χ1n) is 9.87. The van der Waals surface area contributed by atoms with E-state index in [9.17, 15) is 9.59 Å². The fourth-order valence-electron chi connectivity index (χ4n) is 3.43. The molecule has 1 saturated heterocycles. The van der Waals surface area contributed by atoms with Crippen molar-refractivity contribution in [2.45, 2.75) is 39.0 Å². The highest BCUT2D eigenvalue weighted by atomic mass is 35.5. The molecule has 2 amide bonds. The van der Waals surface area contributed by atoms with Crippen LogP contribution in [-0.2, 0) is 27.4 Å². The van der Waals surface area contributed by atoms with E-state index in [1.54, 1.807) is 16.2 Å². The van der Waals surface area contributed by atoms with Crippen molar-refractivity contribution in [3.63, 3.8) is 0 Å². The summed E-state index contributed by atoms with van der Waals surface area (Å²) in [7, 11) is 0. The van der Waals surface area contributed by atoms with Gasteiger partial charge in [-0.05, 0) is 37.5 Å². The number of rotatable bonds is 9. The molecule has 0 aliphatic carbocycles. The van der Waals surface area contributed by atoms with Gasteiger partial charge in [-0.1, -0.05) is 30.3 Å². The molecule has 2 aromatic rings. The average molecular weight is 435 g/mol. The zero-order valence-electron chi connectivity index (χ0n) is 16.7. The van der Waals surface area contributed by atoms with Crippen LogP contribution >= 0.6 is 22.9 Å². The van der Waals surface area contributed by atoms with Crippen molar-refractivity contribution in [1.82, 2.24) is 9.80 Å². The molecule has 0 bridgehead atoms. The fourth-order valence-corrected chi connectivity index (χ4v) is 4.51. The van der Waals surface area contributed by atoms with Gasteiger partial charge in [0.2, 0.25) is 11.8 Å². The lowest BCUT2D eigenvalue weighted by Crippen LogP contribution is -2.45. The normalized spacial score (nSPS) is 16.0. The van der Waals surface area contributed by atoms with E-state index in [4.69, 9.17) is 16.3 Å². The molecule has 1 aliphatic rings. The van der Waals surface area contributed by atoms with E-state index in [0.29, 0.717) is 26.2 Å². The summed E-state index contributed by atoms with van der Waals surface area (Å²) in [4.78, 5) is 31.3. The Bertz CT molecular complexity index is 805. The van der Waals surface area contributed by atoms with Crippen LogP contribution < -0.4 is 0 Å². The first-order valence-corrected chi connectivity index (χ1v) is 11.2. The van der Waals surface area contributed by atoms with Gasteiger partial charge in [-0.3, -0.25) is 9.59 Å². The number of benzene rings is 1. The fraction of sp³-hybridized carbons (Fsp3) is 0.455. The smallest absolute Gasteiger partial charge is 0.242 e. The Hall–Kier alpha value is -1.89. The molecular weight excluding hydrogens is 408 g/mol. The largest absolute Gasteiger partial charge is 0.376 e. The summed E-state index contributed by atoms with van der Waals surface area (Å²) >= 11 is 7.49. The Labute approximate surface area is 181 Å². The maximum absolute atomic E-state index is 13.2. The Morgan fingerprint density at radius 1 is 1.10 bits per heavy atom. The number of nitrogens with zero attached hydrogens (tertiary/aromatic N) is 2. The molecular formula is C22H27ClN2O3S. The molecule has 0 spiro atoms. The number of carbonyl (C=O) groups excluding carboxylic acids is 2. The van der Waals surface area contributed by atoms with E-state index < -0.39 is 0 Å². The highest BCUT2D eigenvalue weighted by Gasteiger charge is 2.26. The average Bonchev–Trinajstić information content (AvgIpc) is 3.38. The van der Waals surface area contributed by atoms with E-state index in [-0.39, 0.29) is 30.3 Å². The van der Waals surface area contributed by atoms with E-state index in [1.807, 2.05) is 35.2 Å². The number of hydrogen-bond acceptors (Lipinski definition) is 4. The maximum atomic E-state index is 13.2. The Morgan fingerprint density at radius 3 is 2.52 bits per heavy atom. The molecule has 1 aliphatic heterocycles. The number of halogens is 1. The molecule has 1 atom stereocenters. The summed E-state index contributed by atoms with van der Waals surface area (Å²) in [5.41, 5.74) is 1.06. The molecule has 29 heavy (non-hydrogen) atoms. The number of aryl methyl sites for hydroxylation is 1. The molecule has 156 valence electrons. The summed E-state index contributed by atoms with van der Waals surface area (Å²) in [6.07, 6.45) is 1.87. The van der Waals surface area contributed by atoms with Crippen LogP contribution in [0.15, 0.2) is 42.5 Å². The minimum absolute atomic E-state index is 0.0162. The van der Waals surface area contributed by atoms with Gasteiger partial charge in [0.05, 0.1) is 19.2 Å². The second-order valence-electron chi connectivity index (χ2n) is 7.29. The summed E-state index contributed by atoms with van der Waals surface area (Å²) < 4.78 is 5.65. The number of amides is 2. The van der Waals surface area contributed by atoms with E-state index in [2.05, 4.69) is 19.1 Å². The summed E-state index contributed by atoms with van der Waals surface area (Å²) in [5.74, 6) is -0.457. The number of carbonyl (C=O) groups is 2. The Kier molecular flexibility index (Phi) is 8.09. The van der Waals surface area contributed by atoms with Gasteiger partial charge in [0.15, 0.2) is 0 Å². The van der Waals surface area contributed by atoms with Crippen LogP contribution in [0.25, 0.3) is 0 Å². The van der Waals surface area contributed by atoms with Gasteiger partial charge in [0.1, 0.15) is 5.88 Å². The second-order valence-corrected chi connectivity index (χ2v) is 8.93. The minimum atomic E-state index is -0.234. The predicted molar refractivity (Wildman–Crippen MR) is 116 cm³/mol. The highest BCUT2D eigenvalue weighted by Crippen LogP contribution is 2.19. The maximum Gasteiger partial charge on any atom is 0.242 e. The van der Waals surface area contributed by atoms with Crippen LogP contribution in [0.3, 0.4) is 0 Å². The van der Waals surface area contributed by atoms with Crippen LogP contribution in [0.1, 0.15) is 28.2 Å². The molecule has 2 heterocycles. The zero-order valence-corrected chi connectivity index (χ0v) is 18.3. The molecule has 0 radical (unpaired) electrons. The molecule has 1 aromatic heterocycles. The first kappa shape index (κ1) is 21.8. The van der Waals surface area contributed by atoms with Crippen molar-refractivity contribution in [3.05, 3.63) is 57.8 Å². The van der Waals surface area contributed by atoms with Gasteiger partial charge >= 0.3 is 0 Å². The van der Waals surface area contributed by atoms with Gasteiger partial charge in [0, 0.05) is 29.5 Å². The van der Waals surface area contributed by atoms with Crippen molar-refractivity contribution >= 4 is 34.8 Å². The van der Waals surface area contributed by atoms with Gasteiger partial charge in [0.25, 0.3) is 0 Å².